The molecule has 0 saturated carbocycles. The maximum atomic E-state index is 13.3. The van der Waals surface area contributed by atoms with E-state index in [2.05, 4.69) is 22.8 Å². The van der Waals surface area contributed by atoms with Gasteiger partial charge in [-0.1, -0.05) is 30.3 Å². The first-order chi connectivity index (χ1) is 14.6. The molecule has 0 bridgehead atoms. The summed E-state index contributed by atoms with van der Waals surface area (Å²) >= 11 is 0. The van der Waals surface area contributed by atoms with Crippen molar-refractivity contribution < 1.29 is 9.18 Å². The highest BCUT2D eigenvalue weighted by Crippen LogP contribution is 2.18. The molecule has 0 atom stereocenters. The molecule has 0 radical (unpaired) electrons. The normalized spacial score (nSPS) is 14.3. The van der Waals surface area contributed by atoms with Gasteiger partial charge in [0, 0.05) is 32.6 Å². The monoisotopic (exact) mass is 410 g/mol. The van der Waals surface area contributed by atoms with Gasteiger partial charge in [0.1, 0.15) is 5.82 Å². The van der Waals surface area contributed by atoms with Gasteiger partial charge < -0.3 is 15.5 Å². The third kappa shape index (κ3) is 6.05. The number of nitrogens with zero attached hydrogens (tertiary/aromatic N) is 2. The summed E-state index contributed by atoms with van der Waals surface area (Å²) in [5, 5.41) is 6.64. The molecule has 0 aliphatic carbocycles. The van der Waals surface area contributed by atoms with Crippen LogP contribution in [0, 0.1) is 12.7 Å². The second-order valence-electron chi connectivity index (χ2n) is 7.63. The van der Waals surface area contributed by atoms with Crippen LogP contribution in [0.3, 0.4) is 0 Å². The number of likely N-dealkylation sites (tertiary alicyclic amines) is 1. The zero-order chi connectivity index (χ0) is 21.3. The number of carbonyl (C=O) groups excluding carboxylic acids is 1. The lowest BCUT2D eigenvalue weighted by Crippen LogP contribution is -2.38. The van der Waals surface area contributed by atoms with Crippen molar-refractivity contribution in [3.63, 3.8) is 0 Å². The molecular weight excluding hydrogens is 379 g/mol. The standard InChI is InChI=1S/C24H31FN4O/c1-3-26-24(27-13-12-19-10-11-22(25)15-18(19)2)28-16-20-7-4-5-8-21(20)17-29-14-6-9-23(29)30/h4-5,7-8,10-11,15H,3,6,9,12-14,16-17H2,1-2H3,(H2,26,27,28). The van der Waals surface area contributed by atoms with E-state index in [4.69, 9.17) is 4.99 Å². The number of rotatable bonds is 8. The predicted octanol–water partition coefficient (Wildman–Crippen LogP) is 3.55. The van der Waals surface area contributed by atoms with Gasteiger partial charge in [0.2, 0.25) is 5.91 Å². The SMILES string of the molecule is CCNC(=NCc1ccccc1CN1CCCC1=O)NCCc1ccc(F)cc1C. The maximum absolute atomic E-state index is 13.3. The first-order valence-corrected chi connectivity index (χ1v) is 10.7. The van der Waals surface area contributed by atoms with Crippen molar-refractivity contribution in [2.75, 3.05) is 19.6 Å². The Morgan fingerprint density at radius 3 is 2.63 bits per heavy atom. The van der Waals surface area contributed by atoms with Crippen molar-refractivity contribution in [3.8, 4) is 0 Å². The molecule has 2 aromatic rings. The van der Waals surface area contributed by atoms with E-state index >= 15 is 0 Å². The van der Waals surface area contributed by atoms with Crippen molar-refractivity contribution in [1.82, 2.24) is 15.5 Å². The molecule has 0 unspecified atom stereocenters. The van der Waals surface area contributed by atoms with Gasteiger partial charge in [-0.05, 0) is 61.1 Å². The Morgan fingerprint density at radius 2 is 1.93 bits per heavy atom. The predicted molar refractivity (Wildman–Crippen MR) is 119 cm³/mol. The Hall–Kier alpha value is -2.89. The second-order valence-corrected chi connectivity index (χ2v) is 7.63. The van der Waals surface area contributed by atoms with Gasteiger partial charge in [-0.15, -0.1) is 0 Å². The fourth-order valence-corrected chi connectivity index (χ4v) is 3.70. The number of halogens is 1. The zero-order valence-electron chi connectivity index (χ0n) is 17.9. The van der Waals surface area contributed by atoms with Crippen LogP contribution in [-0.4, -0.2) is 36.4 Å². The molecule has 1 heterocycles. The highest BCUT2D eigenvalue weighted by molar-refractivity contribution is 5.80. The molecule has 30 heavy (non-hydrogen) atoms. The van der Waals surface area contributed by atoms with Gasteiger partial charge in [-0.25, -0.2) is 9.38 Å². The number of nitrogens with one attached hydrogen (secondary N) is 2. The van der Waals surface area contributed by atoms with E-state index in [0.29, 0.717) is 26.1 Å². The van der Waals surface area contributed by atoms with Crippen LogP contribution in [0.15, 0.2) is 47.5 Å². The van der Waals surface area contributed by atoms with Crippen LogP contribution in [0.2, 0.25) is 0 Å². The number of hydrogen-bond acceptors (Lipinski definition) is 2. The number of carbonyl (C=O) groups is 1. The molecule has 0 spiro atoms. The Balaban J connectivity index is 1.61. The lowest BCUT2D eigenvalue weighted by atomic mass is 10.1. The number of aryl methyl sites for hydroxylation is 1. The fraction of sp³-hybridized carbons (Fsp3) is 0.417. The average Bonchev–Trinajstić information content (AvgIpc) is 3.13. The topological polar surface area (TPSA) is 56.7 Å². The minimum absolute atomic E-state index is 0.201. The van der Waals surface area contributed by atoms with Gasteiger partial charge in [-0.2, -0.15) is 0 Å². The smallest absolute Gasteiger partial charge is 0.222 e. The Morgan fingerprint density at radius 1 is 1.13 bits per heavy atom. The molecule has 1 aliphatic heterocycles. The van der Waals surface area contributed by atoms with E-state index in [1.807, 2.05) is 36.9 Å². The second kappa shape index (κ2) is 10.8. The van der Waals surface area contributed by atoms with Crippen molar-refractivity contribution in [2.24, 2.45) is 4.99 Å². The maximum Gasteiger partial charge on any atom is 0.222 e. The molecule has 160 valence electrons. The van der Waals surface area contributed by atoms with E-state index < -0.39 is 0 Å². The summed E-state index contributed by atoms with van der Waals surface area (Å²) < 4.78 is 13.3. The van der Waals surface area contributed by atoms with E-state index in [0.717, 1.165) is 54.1 Å². The van der Waals surface area contributed by atoms with Gasteiger partial charge in [0.25, 0.3) is 0 Å². The molecule has 1 fully saturated rings. The lowest BCUT2D eigenvalue weighted by Gasteiger charge is -2.18. The van der Waals surface area contributed by atoms with Crippen LogP contribution in [0.4, 0.5) is 4.39 Å². The third-order valence-electron chi connectivity index (χ3n) is 5.39. The van der Waals surface area contributed by atoms with Crippen LogP contribution in [0.25, 0.3) is 0 Å². The summed E-state index contributed by atoms with van der Waals surface area (Å²) in [7, 11) is 0. The van der Waals surface area contributed by atoms with Crippen LogP contribution >= 0.6 is 0 Å². The quantitative estimate of drug-likeness (QED) is 0.517. The van der Waals surface area contributed by atoms with Crippen molar-refractivity contribution in [1.29, 1.82) is 0 Å². The van der Waals surface area contributed by atoms with Gasteiger partial charge in [-0.3, -0.25) is 4.79 Å². The summed E-state index contributed by atoms with van der Waals surface area (Å²) in [6.07, 6.45) is 2.40. The summed E-state index contributed by atoms with van der Waals surface area (Å²) in [6.45, 7) is 7.48. The summed E-state index contributed by atoms with van der Waals surface area (Å²) in [4.78, 5) is 18.6. The molecular formula is C24H31FN4O. The minimum atomic E-state index is -0.201. The highest BCUT2D eigenvalue weighted by Gasteiger charge is 2.20. The fourth-order valence-electron chi connectivity index (χ4n) is 3.70. The molecule has 2 N–H and O–H groups in total. The van der Waals surface area contributed by atoms with E-state index in [9.17, 15) is 9.18 Å². The highest BCUT2D eigenvalue weighted by atomic mass is 19.1. The Kier molecular flexibility index (Phi) is 7.82. The summed E-state index contributed by atoms with van der Waals surface area (Å²) in [5.74, 6) is 0.789. The first-order valence-electron chi connectivity index (χ1n) is 10.7. The van der Waals surface area contributed by atoms with Crippen LogP contribution < -0.4 is 10.6 Å². The molecule has 1 amide bonds. The van der Waals surface area contributed by atoms with Gasteiger partial charge in [0.05, 0.1) is 6.54 Å². The molecule has 3 rings (SSSR count). The number of amides is 1. The summed E-state index contributed by atoms with van der Waals surface area (Å²) in [6, 6.07) is 13.1. The molecule has 0 aromatic heterocycles. The van der Waals surface area contributed by atoms with Crippen molar-refractivity contribution in [3.05, 3.63) is 70.5 Å². The molecule has 2 aromatic carbocycles. The molecule has 1 aliphatic rings. The molecule has 1 saturated heterocycles. The third-order valence-corrected chi connectivity index (χ3v) is 5.39. The summed E-state index contributed by atoms with van der Waals surface area (Å²) in [5.41, 5.74) is 4.36. The lowest BCUT2D eigenvalue weighted by molar-refractivity contribution is -0.128. The molecule has 6 heteroatoms. The van der Waals surface area contributed by atoms with Crippen molar-refractivity contribution in [2.45, 2.75) is 46.2 Å². The van der Waals surface area contributed by atoms with E-state index in [1.165, 1.54) is 6.07 Å². The number of guanidine groups is 1. The van der Waals surface area contributed by atoms with Crippen LogP contribution in [0.5, 0.6) is 0 Å². The number of hydrogen-bond donors (Lipinski definition) is 2. The molecule has 5 nitrogen and oxygen atoms in total. The van der Waals surface area contributed by atoms with E-state index in [-0.39, 0.29) is 11.7 Å². The largest absolute Gasteiger partial charge is 0.357 e. The van der Waals surface area contributed by atoms with Crippen LogP contribution in [0.1, 0.15) is 42.0 Å². The number of benzene rings is 2. The Bertz CT molecular complexity index is 897. The van der Waals surface area contributed by atoms with E-state index in [1.54, 1.807) is 6.07 Å². The van der Waals surface area contributed by atoms with Gasteiger partial charge in [0.15, 0.2) is 5.96 Å². The van der Waals surface area contributed by atoms with Gasteiger partial charge >= 0.3 is 0 Å². The number of aliphatic imine (C=N–C) groups is 1. The average molecular weight is 411 g/mol. The van der Waals surface area contributed by atoms with Crippen molar-refractivity contribution >= 4 is 11.9 Å². The first kappa shape index (κ1) is 21.8. The zero-order valence-corrected chi connectivity index (χ0v) is 17.9. The Labute approximate surface area is 178 Å². The van der Waals surface area contributed by atoms with Crippen LogP contribution in [-0.2, 0) is 24.3 Å². The minimum Gasteiger partial charge on any atom is -0.357 e.